The molecule has 3 N–H and O–H groups in total. The minimum absolute atomic E-state index is 0.00192. The van der Waals surface area contributed by atoms with E-state index >= 15 is 0 Å². The number of phenols is 2. The van der Waals surface area contributed by atoms with Gasteiger partial charge in [-0.25, -0.2) is 4.57 Å². The molecule has 0 unspecified atom stereocenters. The summed E-state index contributed by atoms with van der Waals surface area (Å²) < 4.78 is 7.83. The van der Waals surface area contributed by atoms with Crippen molar-refractivity contribution in [2.75, 3.05) is 94.9 Å². The predicted octanol–water partition coefficient (Wildman–Crippen LogP) is 5.79. The Bertz CT molecular complexity index is 2900. The van der Waals surface area contributed by atoms with E-state index in [2.05, 4.69) is 60.6 Å². The van der Waals surface area contributed by atoms with E-state index < -0.39 is 0 Å². The van der Waals surface area contributed by atoms with E-state index in [4.69, 9.17) is 26.3 Å². The molecule has 4 aliphatic rings. The van der Waals surface area contributed by atoms with Crippen LogP contribution in [0.3, 0.4) is 0 Å². The number of piperidine rings is 1. The van der Waals surface area contributed by atoms with Gasteiger partial charge in [-0.1, -0.05) is 59.7 Å². The van der Waals surface area contributed by atoms with Crippen molar-refractivity contribution < 1.29 is 29.6 Å². The van der Waals surface area contributed by atoms with Crippen molar-refractivity contribution in [2.24, 2.45) is 5.92 Å². The molecule has 3 saturated heterocycles. The number of piperazine rings is 2. The van der Waals surface area contributed by atoms with E-state index in [0.717, 1.165) is 103 Å². The molecule has 4 aromatic carbocycles. The lowest BCUT2D eigenvalue weighted by Crippen LogP contribution is -2.52. The average molecular weight is 969 g/mol. The number of hydrogen-bond acceptors (Lipinski definition) is 14. The Morgan fingerprint density at radius 3 is 2.27 bits per heavy atom. The fourth-order valence-corrected chi connectivity index (χ4v) is 10.6. The molecule has 364 valence electrons. The molecule has 6 heterocycles. The summed E-state index contributed by atoms with van der Waals surface area (Å²) in [7, 11) is 0. The summed E-state index contributed by atoms with van der Waals surface area (Å²) in [5, 5.41) is 41.9. The average Bonchev–Trinajstić information content (AvgIpc) is 3.77. The molecule has 0 spiro atoms. The zero-order chi connectivity index (χ0) is 48.5. The normalized spacial score (nSPS) is 17.2. The third kappa shape index (κ3) is 9.65. The van der Waals surface area contributed by atoms with Crippen molar-refractivity contribution in [3.8, 4) is 40.6 Å². The second-order valence-corrected chi connectivity index (χ2v) is 19.0. The van der Waals surface area contributed by atoms with Crippen LogP contribution >= 0.6 is 11.6 Å². The number of aromatic hydroxyl groups is 3. The first-order chi connectivity index (χ1) is 34.0. The predicted molar refractivity (Wildman–Crippen MR) is 268 cm³/mol. The molecule has 0 aliphatic carbocycles. The number of likely N-dealkylation sites (tertiary alicyclic amines) is 1. The number of carbonyl (C=O) groups excluding carboxylic acids is 2. The molecular weight excluding hydrogens is 910 g/mol. The topological polar surface area (TPSA) is 180 Å². The first-order valence-electron chi connectivity index (χ1n) is 24.1. The molecule has 2 amide bonds. The van der Waals surface area contributed by atoms with Gasteiger partial charge in [0.1, 0.15) is 23.9 Å². The largest absolute Gasteiger partial charge is 0.508 e. The quantitative estimate of drug-likeness (QED) is 0.126. The van der Waals surface area contributed by atoms with Gasteiger partial charge >= 0.3 is 12.0 Å². The van der Waals surface area contributed by atoms with Crippen molar-refractivity contribution >= 4 is 45.7 Å². The van der Waals surface area contributed by atoms with E-state index in [9.17, 15) is 24.9 Å². The van der Waals surface area contributed by atoms with E-state index in [1.54, 1.807) is 13.0 Å². The van der Waals surface area contributed by atoms with Crippen molar-refractivity contribution in [3.05, 3.63) is 113 Å². The highest BCUT2D eigenvalue weighted by molar-refractivity contribution is 6.36. The van der Waals surface area contributed by atoms with Gasteiger partial charge in [0.25, 0.3) is 0 Å². The first kappa shape index (κ1) is 46.8. The zero-order valence-corrected chi connectivity index (χ0v) is 40.1. The summed E-state index contributed by atoms with van der Waals surface area (Å²) in [6.45, 7) is 15.6. The van der Waals surface area contributed by atoms with E-state index in [0.29, 0.717) is 81.8 Å². The van der Waals surface area contributed by atoms with Gasteiger partial charge in [-0.15, -0.1) is 5.10 Å². The highest BCUT2D eigenvalue weighted by Crippen LogP contribution is 2.39. The summed E-state index contributed by atoms with van der Waals surface area (Å²) in [6, 6.07) is 22.9. The minimum Gasteiger partial charge on any atom is -0.508 e. The number of nitrogens with zero attached hydrogens (tertiary/aromatic N) is 11. The number of phenolic OH excluding ortho intramolecular Hbond substituents is 2. The van der Waals surface area contributed by atoms with Crippen molar-refractivity contribution in [2.45, 2.75) is 39.3 Å². The summed E-state index contributed by atoms with van der Waals surface area (Å²) in [5.41, 5.74) is 5.74. The zero-order valence-electron chi connectivity index (χ0n) is 39.4. The van der Waals surface area contributed by atoms with Crippen LogP contribution in [0.5, 0.6) is 23.5 Å². The van der Waals surface area contributed by atoms with Crippen LogP contribution in [0.15, 0.2) is 85.5 Å². The number of anilines is 2. The summed E-state index contributed by atoms with van der Waals surface area (Å²) >= 11 is 6.77. The van der Waals surface area contributed by atoms with Crippen LogP contribution in [0, 0.1) is 12.8 Å². The fraction of sp³-hybridized carbons (Fsp3) is 0.385. The Morgan fingerprint density at radius 1 is 0.800 bits per heavy atom. The van der Waals surface area contributed by atoms with Gasteiger partial charge < -0.3 is 39.7 Å². The number of rotatable bonds is 12. The first-order valence-corrected chi connectivity index (χ1v) is 24.5. The smallest absolute Gasteiger partial charge is 0.319 e. The Balaban J connectivity index is 0.717. The summed E-state index contributed by atoms with van der Waals surface area (Å²) in [4.78, 5) is 49.4. The number of carbonyl (C=O) groups is 2. The number of halogens is 1. The number of benzene rings is 4. The molecule has 3 fully saturated rings. The van der Waals surface area contributed by atoms with Crippen molar-refractivity contribution in [3.63, 3.8) is 0 Å². The van der Waals surface area contributed by atoms with Gasteiger partial charge in [-0.3, -0.25) is 19.4 Å². The monoisotopic (exact) mass is 967 g/mol. The highest BCUT2D eigenvalue weighted by Gasteiger charge is 2.32. The standard InChI is InChI=1S/C52H58ClN11O6/c1-3-46(67)60-24-26-61(27-25-60)48-39-16-19-63(43-9-5-7-36-6-4-8-41(53)47(36)43)33-42(39)54-51(55-48)70-29-28-58-20-22-62(23-21-58)50(68)37-14-17-59(18-15-37)32-35-10-12-38(13-11-35)64-49(56-57-52(64)69)40-30-34(2)44(65)31-45(40)66/h3-13,30-31,37,65-66H,1,14-29,32-33H2,2H3,(H,57,69). The van der Waals surface area contributed by atoms with Crippen molar-refractivity contribution in [1.29, 1.82) is 0 Å². The Labute approximate surface area is 411 Å². The lowest BCUT2D eigenvalue weighted by atomic mass is 9.94. The van der Waals surface area contributed by atoms with E-state index in [1.807, 2.05) is 46.2 Å². The van der Waals surface area contributed by atoms with E-state index in [1.165, 1.54) is 16.7 Å². The number of fused-ring (bicyclic) bond motifs is 2. The van der Waals surface area contributed by atoms with Crippen molar-refractivity contribution in [1.82, 2.24) is 44.3 Å². The number of aryl methyl sites for hydroxylation is 1. The molecule has 0 saturated carbocycles. The Hall–Kier alpha value is -6.95. The fourth-order valence-electron chi connectivity index (χ4n) is 10.3. The van der Waals surface area contributed by atoms with Gasteiger partial charge in [0.05, 0.1) is 28.5 Å². The Kier molecular flexibility index (Phi) is 13.5. The SMILES string of the molecule is C=CC(=O)N1CCN(c2nc(OCCN3CCN(C(=O)C4CCN(Cc5ccc(-n6c(O)nnc6-c6cc(C)c(O)cc6O)cc5)CC4)CC3)nc3c2CCN(c2cccc4cccc(Cl)c24)C3)CC1. The second kappa shape index (κ2) is 20.2. The van der Waals surface area contributed by atoms with Crippen LogP contribution in [-0.2, 0) is 29.1 Å². The molecule has 0 bridgehead atoms. The van der Waals surface area contributed by atoms with E-state index in [-0.39, 0.29) is 41.1 Å². The lowest BCUT2D eigenvalue weighted by molar-refractivity contribution is -0.139. The molecular formula is C52H58ClN11O6. The molecule has 17 nitrogen and oxygen atoms in total. The molecule has 6 aromatic rings. The minimum atomic E-state index is -0.315. The molecule has 0 atom stereocenters. The third-order valence-corrected chi connectivity index (χ3v) is 14.6. The molecule has 4 aliphatic heterocycles. The molecule has 10 rings (SSSR count). The van der Waals surface area contributed by atoms with Crippen LogP contribution in [0.25, 0.3) is 27.8 Å². The maximum Gasteiger partial charge on any atom is 0.319 e. The van der Waals surface area contributed by atoms with Crippen LogP contribution in [0.1, 0.15) is 35.2 Å². The highest BCUT2D eigenvalue weighted by atomic mass is 35.5. The van der Waals surface area contributed by atoms with Gasteiger partial charge in [-0.2, -0.15) is 9.97 Å². The number of hydrogen-bond donors (Lipinski definition) is 3. The molecule has 2 aromatic heterocycles. The maximum absolute atomic E-state index is 13.8. The maximum atomic E-state index is 13.8. The van der Waals surface area contributed by atoms with Gasteiger partial charge in [0, 0.05) is 101 Å². The number of amides is 2. The van der Waals surface area contributed by atoms with Crippen LogP contribution in [-0.4, -0.2) is 157 Å². The molecule has 18 heteroatoms. The third-order valence-electron chi connectivity index (χ3n) is 14.3. The van der Waals surface area contributed by atoms with Gasteiger partial charge in [0.15, 0.2) is 5.82 Å². The lowest BCUT2D eigenvalue weighted by Gasteiger charge is -2.38. The number of ether oxygens (including phenoxy) is 1. The molecule has 0 radical (unpaired) electrons. The van der Waals surface area contributed by atoms with Crippen LogP contribution < -0.4 is 14.5 Å². The van der Waals surface area contributed by atoms with Crippen LogP contribution in [0.4, 0.5) is 11.5 Å². The molecule has 70 heavy (non-hydrogen) atoms. The second-order valence-electron chi connectivity index (χ2n) is 18.6. The summed E-state index contributed by atoms with van der Waals surface area (Å²) in [5.74, 6) is 1.10. The number of aromatic nitrogens is 5. The van der Waals surface area contributed by atoms with Crippen LogP contribution in [0.2, 0.25) is 5.02 Å². The van der Waals surface area contributed by atoms with Gasteiger partial charge in [0.2, 0.25) is 11.8 Å². The summed E-state index contributed by atoms with van der Waals surface area (Å²) in [6.07, 6.45) is 3.74. The Morgan fingerprint density at radius 2 is 1.53 bits per heavy atom. The van der Waals surface area contributed by atoms with Gasteiger partial charge in [-0.05, 0) is 92.2 Å².